The average Bonchev–Trinajstić information content (AvgIpc) is 2.72. The minimum absolute atomic E-state index is 0.0401. The first kappa shape index (κ1) is 11.7. The molecule has 1 heterocycles. The maximum absolute atomic E-state index is 12.3. The van der Waals surface area contributed by atoms with Gasteiger partial charge < -0.3 is 5.73 Å². The Morgan fingerprint density at radius 1 is 1.00 bits per heavy atom. The van der Waals surface area contributed by atoms with Crippen molar-refractivity contribution in [3.63, 3.8) is 0 Å². The fraction of sp³-hybridized carbons (Fsp3) is 0.133. The Morgan fingerprint density at radius 2 is 1.63 bits per heavy atom. The molecular weight excluding hydrogens is 238 g/mol. The number of nitrogens with two attached hydrogens (primary N) is 1. The van der Waals surface area contributed by atoms with Gasteiger partial charge >= 0.3 is 5.69 Å². The molecule has 0 radical (unpaired) electrons. The van der Waals surface area contributed by atoms with E-state index < -0.39 is 0 Å². The third-order valence-electron chi connectivity index (χ3n) is 3.39. The molecule has 0 unspecified atom stereocenters. The van der Waals surface area contributed by atoms with Crippen molar-refractivity contribution in [1.82, 2.24) is 9.13 Å². The highest BCUT2D eigenvalue weighted by atomic mass is 16.1. The van der Waals surface area contributed by atoms with E-state index in [1.165, 1.54) is 0 Å². The monoisotopic (exact) mass is 253 g/mol. The number of fused-ring (bicyclic) bond motifs is 1. The molecule has 0 saturated heterocycles. The summed E-state index contributed by atoms with van der Waals surface area (Å²) in [6.45, 7) is 0.505. The van der Waals surface area contributed by atoms with Crippen LogP contribution in [0.15, 0.2) is 53.3 Å². The van der Waals surface area contributed by atoms with E-state index >= 15 is 0 Å². The molecule has 2 aromatic carbocycles. The van der Waals surface area contributed by atoms with Gasteiger partial charge in [0.1, 0.15) is 0 Å². The summed E-state index contributed by atoms with van der Waals surface area (Å²) in [6, 6.07) is 15.5. The normalized spacial score (nSPS) is 11.1. The molecule has 0 atom stereocenters. The SMILES string of the molecule is Cn1c(=O)n(-c2ccc(CN)cc2)c2ccccc21. The number of imidazole rings is 1. The molecule has 1 aromatic heterocycles. The Bertz CT molecular complexity index is 781. The van der Waals surface area contributed by atoms with Gasteiger partial charge in [-0.05, 0) is 29.8 Å². The van der Waals surface area contributed by atoms with Crippen molar-refractivity contribution in [1.29, 1.82) is 0 Å². The maximum atomic E-state index is 12.3. The summed E-state index contributed by atoms with van der Waals surface area (Å²) in [6.07, 6.45) is 0. The summed E-state index contributed by atoms with van der Waals surface area (Å²) in [5.41, 5.74) is 9.30. The summed E-state index contributed by atoms with van der Waals surface area (Å²) >= 11 is 0. The average molecular weight is 253 g/mol. The van der Waals surface area contributed by atoms with E-state index in [1.807, 2.05) is 48.5 Å². The van der Waals surface area contributed by atoms with Crippen molar-refractivity contribution in [2.75, 3.05) is 0 Å². The summed E-state index contributed by atoms with van der Waals surface area (Å²) in [4.78, 5) is 12.3. The highest BCUT2D eigenvalue weighted by Crippen LogP contribution is 2.17. The van der Waals surface area contributed by atoms with Gasteiger partial charge in [-0.2, -0.15) is 0 Å². The maximum Gasteiger partial charge on any atom is 0.333 e. The van der Waals surface area contributed by atoms with Crippen molar-refractivity contribution >= 4 is 11.0 Å². The second-order valence-electron chi connectivity index (χ2n) is 4.54. The molecule has 0 spiro atoms. The van der Waals surface area contributed by atoms with E-state index in [0.717, 1.165) is 22.3 Å². The molecule has 0 aliphatic rings. The zero-order valence-electron chi connectivity index (χ0n) is 10.7. The Labute approximate surface area is 110 Å². The summed E-state index contributed by atoms with van der Waals surface area (Å²) in [5, 5.41) is 0. The fourth-order valence-corrected chi connectivity index (χ4v) is 2.32. The lowest BCUT2D eigenvalue weighted by Gasteiger charge is -2.04. The molecule has 0 amide bonds. The number of rotatable bonds is 2. The topological polar surface area (TPSA) is 53.0 Å². The second-order valence-corrected chi connectivity index (χ2v) is 4.54. The molecule has 3 aromatic rings. The summed E-state index contributed by atoms with van der Waals surface area (Å²) in [7, 11) is 1.79. The zero-order chi connectivity index (χ0) is 13.4. The molecule has 0 saturated carbocycles. The number of hydrogen-bond donors (Lipinski definition) is 1. The fourth-order valence-electron chi connectivity index (χ4n) is 2.32. The molecular formula is C15H15N3O. The van der Waals surface area contributed by atoms with Crippen LogP contribution in [0, 0.1) is 0 Å². The van der Waals surface area contributed by atoms with Crippen LogP contribution in [0.5, 0.6) is 0 Å². The van der Waals surface area contributed by atoms with E-state index in [-0.39, 0.29) is 5.69 Å². The van der Waals surface area contributed by atoms with Gasteiger partial charge in [0.2, 0.25) is 0 Å². The molecule has 3 rings (SSSR count). The van der Waals surface area contributed by atoms with Crippen LogP contribution in [0.3, 0.4) is 0 Å². The number of benzene rings is 2. The Hall–Kier alpha value is -2.33. The van der Waals surface area contributed by atoms with Gasteiger partial charge in [-0.1, -0.05) is 24.3 Å². The third-order valence-corrected chi connectivity index (χ3v) is 3.39. The van der Waals surface area contributed by atoms with Crippen molar-refractivity contribution in [3.05, 3.63) is 64.6 Å². The molecule has 2 N–H and O–H groups in total. The number of aromatic nitrogens is 2. The van der Waals surface area contributed by atoms with Crippen molar-refractivity contribution in [3.8, 4) is 5.69 Å². The molecule has 0 aliphatic heterocycles. The van der Waals surface area contributed by atoms with E-state index in [9.17, 15) is 4.79 Å². The quantitative estimate of drug-likeness (QED) is 0.757. The van der Waals surface area contributed by atoms with Gasteiger partial charge in [0.05, 0.1) is 16.7 Å². The van der Waals surface area contributed by atoms with Gasteiger partial charge in [0, 0.05) is 13.6 Å². The first-order chi connectivity index (χ1) is 9.22. The van der Waals surface area contributed by atoms with E-state index in [4.69, 9.17) is 5.73 Å². The Kier molecular flexibility index (Phi) is 2.72. The van der Waals surface area contributed by atoms with Gasteiger partial charge in [0.15, 0.2) is 0 Å². The number of nitrogens with zero attached hydrogens (tertiary/aromatic N) is 2. The zero-order valence-corrected chi connectivity index (χ0v) is 10.7. The molecule has 4 heteroatoms. The first-order valence-electron chi connectivity index (χ1n) is 6.18. The number of hydrogen-bond acceptors (Lipinski definition) is 2. The van der Waals surface area contributed by atoms with Crippen LogP contribution in [0.25, 0.3) is 16.7 Å². The lowest BCUT2D eigenvalue weighted by Crippen LogP contribution is -2.20. The van der Waals surface area contributed by atoms with Crippen LogP contribution in [-0.2, 0) is 13.6 Å². The lowest BCUT2D eigenvalue weighted by molar-refractivity contribution is 0.846. The molecule has 96 valence electrons. The van der Waals surface area contributed by atoms with Gasteiger partial charge in [-0.15, -0.1) is 0 Å². The standard InChI is InChI=1S/C15H15N3O/c1-17-13-4-2-3-5-14(13)18(15(17)19)12-8-6-11(10-16)7-9-12/h2-9H,10,16H2,1H3. The molecule has 0 bridgehead atoms. The van der Waals surface area contributed by atoms with Crippen LogP contribution in [0.2, 0.25) is 0 Å². The first-order valence-corrected chi connectivity index (χ1v) is 6.18. The third kappa shape index (κ3) is 1.77. The number of para-hydroxylation sites is 2. The minimum atomic E-state index is -0.0401. The predicted molar refractivity (Wildman–Crippen MR) is 76.4 cm³/mol. The number of aryl methyl sites for hydroxylation is 1. The van der Waals surface area contributed by atoms with Crippen molar-refractivity contribution < 1.29 is 0 Å². The van der Waals surface area contributed by atoms with Crippen LogP contribution in [0.4, 0.5) is 0 Å². The van der Waals surface area contributed by atoms with Crippen LogP contribution >= 0.6 is 0 Å². The minimum Gasteiger partial charge on any atom is -0.326 e. The highest BCUT2D eigenvalue weighted by Gasteiger charge is 2.11. The smallest absolute Gasteiger partial charge is 0.326 e. The summed E-state index contributed by atoms with van der Waals surface area (Å²) in [5.74, 6) is 0. The van der Waals surface area contributed by atoms with Crippen LogP contribution in [0.1, 0.15) is 5.56 Å². The molecule has 0 aliphatic carbocycles. The van der Waals surface area contributed by atoms with E-state index in [0.29, 0.717) is 6.54 Å². The van der Waals surface area contributed by atoms with Gasteiger partial charge in [-0.3, -0.25) is 9.13 Å². The largest absolute Gasteiger partial charge is 0.333 e. The van der Waals surface area contributed by atoms with Gasteiger partial charge in [0.25, 0.3) is 0 Å². The lowest BCUT2D eigenvalue weighted by atomic mass is 10.2. The molecule has 4 nitrogen and oxygen atoms in total. The molecule has 0 fully saturated rings. The van der Waals surface area contributed by atoms with Crippen molar-refractivity contribution in [2.45, 2.75) is 6.54 Å². The van der Waals surface area contributed by atoms with E-state index in [2.05, 4.69) is 0 Å². The Balaban J connectivity index is 2.29. The second kappa shape index (κ2) is 4.40. The summed E-state index contributed by atoms with van der Waals surface area (Å²) < 4.78 is 3.38. The van der Waals surface area contributed by atoms with Crippen LogP contribution < -0.4 is 11.4 Å². The van der Waals surface area contributed by atoms with E-state index in [1.54, 1.807) is 16.2 Å². The van der Waals surface area contributed by atoms with Crippen molar-refractivity contribution in [2.24, 2.45) is 12.8 Å². The highest BCUT2D eigenvalue weighted by molar-refractivity contribution is 5.78. The Morgan fingerprint density at radius 3 is 2.26 bits per heavy atom. The van der Waals surface area contributed by atoms with Crippen LogP contribution in [-0.4, -0.2) is 9.13 Å². The predicted octanol–water partition coefficient (Wildman–Crippen LogP) is 1.79. The van der Waals surface area contributed by atoms with Gasteiger partial charge in [-0.25, -0.2) is 4.79 Å². The molecule has 19 heavy (non-hydrogen) atoms.